The lowest BCUT2D eigenvalue weighted by Crippen LogP contribution is -2.06. The van der Waals surface area contributed by atoms with E-state index < -0.39 is 6.02 Å². The molecular weight excluding hydrogens is 258 g/mol. The highest BCUT2D eigenvalue weighted by Crippen LogP contribution is 2.24. The van der Waals surface area contributed by atoms with E-state index in [9.17, 15) is 0 Å². The third-order valence-corrected chi connectivity index (χ3v) is 3.60. The zero-order chi connectivity index (χ0) is 15.6. The summed E-state index contributed by atoms with van der Waals surface area (Å²) in [6, 6.07) is 21.1. The van der Waals surface area contributed by atoms with Crippen molar-refractivity contribution in [2.75, 3.05) is 12.4 Å². The largest absolute Gasteiger partial charge is 0.497 e. The molecule has 1 atom stereocenters. The highest BCUT2D eigenvalue weighted by Gasteiger charge is 2.06. The minimum Gasteiger partial charge on any atom is -0.497 e. The summed E-state index contributed by atoms with van der Waals surface area (Å²) < 4.78 is 13.8. The fraction of sp³-hybridized carbons (Fsp3) is 0.158. The third kappa shape index (κ3) is 3.00. The Morgan fingerprint density at radius 2 is 1.67 bits per heavy atom. The maximum Gasteiger partial charge on any atom is 0.119 e. The second kappa shape index (κ2) is 5.88. The summed E-state index contributed by atoms with van der Waals surface area (Å²) in [5, 5.41) is 5.60. The normalized spacial score (nSPS) is 14.3. The molecule has 0 aliphatic heterocycles. The molecule has 0 aliphatic rings. The molecule has 3 rings (SSSR count). The average Bonchev–Trinajstić information content (AvgIpc) is 2.55. The van der Waals surface area contributed by atoms with E-state index >= 15 is 0 Å². The molecule has 3 aromatic rings. The Balaban J connectivity index is 1.89. The van der Waals surface area contributed by atoms with Gasteiger partial charge in [0.2, 0.25) is 0 Å². The summed E-state index contributed by atoms with van der Waals surface area (Å²) in [5.41, 5.74) is 1.83. The van der Waals surface area contributed by atoms with Crippen molar-refractivity contribution in [1.29, 1.82) is 0 Å². The van der Waals surface area contributed by atoms with E-state index in [-0.39, 0.29) is 0 Å². The lowest BCUT2D eigenvalue weighted by atomic mass is 10.0. The molecule has 21 heavy (non-hydrogen) atoms. The van der Waals surface area contributed by atoms with Crippen molar-refractivity contribution in [3.8, 4) is 5.75 Å². The number of anilines is 1. The van der Waals surface area contributed by atoms with Crippen LogP contribution in [0.25, 0.3) is 10.8 Å². The molecule has 2 nitrogen and oxygen atoms in total. The molecule has 0 amide bonds. The van der Waals surface area contributed by atoms with Gasteiger partial charge in [-0.05, 0) is 53.6 Å². The van der Waals surface area contributed by atoms with Gasteiger partial charge in [0.05, 0.1) is 8.48 Å². The van der Waals surface area contributed by atoms with Gasteiger partial charge in [0.25, 0.3) is 0 Å². The van der Waals surface area contributed by atoms with Crippen molar-refractivity contribution in [2.24, 2.45) is 0 Å². The summed E-state index contributed by atoms with van der Waals surface area (Å²) in [6.45, 7) is 1.86. The van der Waals surface area contributed by atoms with Gasteiger partial charge in [0.1, 0.15) is 5.75 Å². The molecule has 0 saturated carbocycles. The molecule has 0 unspecified atom stereocenters. The van der Waals surface area contributed by atoms with E-state index in [0.717, 1.165) is 22.4 Å². The molecular formula is C19H19NO. The number of methoxy groups -OCH3 is 1. The van der Waals surface area contributed by atoms with Crippen LogP contribution in [0.2, 0.25) is 0 Å². The minimum absolute atomic E-state index is 0.808. The highest BCUT2D eigenvalue weighted by molar-refractivity contribution is 5.83. The van der Waals surface area contributed by atoms with Crippen LogP contribution in [0.4, 0.5) is 5.69 Å². The monoisotopic (exact) mass is 278 g/mol. The van der Waals surface area contributed by atoms with E-state index in [4.69, 9.17) is 6.11 Å². The minimum atomic E-state index is -0.904. The summed E-state index contributed by atoms with van der Waals surface area (Å²) in [7, 11) is 1.64. The second-order valence-electron chi connectivity index (χ2n) is 5.04. The fourth-order valence-electron chi connectivity index (χ4n) is 2.39. The van der Waals surface area contributed by atoms with Crippen LogP contribution in [-0.4, -0.2) is 7.11 Å². The number of fused-ring (bicyclic) bond motifs is 1. The molecule has 0 fully saturated rings. The average molecular weight is 278 g/mol. The summed E-state index contributed by atoms with van der Waals surface area (Å²) in [5.74, 6) is 0.808. The molecule has 0 spiro atoms. The van der Waals surface area contributed by atoms with Crippen LogP contribution in [0.1, 0.15) is 19.9 Å². The Kier molecular flexibility index (Phi) is 3.44. The highest BCUT2D eigenvalue weighted by atomic mass is 16.5. The summed E-state index contributed by atoms with van der Waals surface area (Å²) >= 11 is 0. The lowest BCUT2D eigenvalue weighted by molar-refractivity contribution is 0.415. The van der Waals surface area contributed by atoms with Crippen LogP contribution >= 0.6 is 0 Å². The smallest absolute Gasteiger partial charge is 0.119 e. The van der Waals surface area contributed by atoms with Crippen LogP contribution in [0.5, 0.6) is 5.75 Å². The maximum absolute atomic E-state index is 8.64. The summed E-state index contributed by atoms with van der Waals surface area (Å²) in [4.78, 5) is 0. The first-order valence-corrected chi connectivity index (χ1v) is 7.00. The van der Waals surface area contributed by atoms with Gasteiger partial charge in [-0.3, -0.25) is 0 Å². The van der Waals surface area contributed by atoms with Crippen molar-refractivity contribution in [3.05, 3.63) is 72.3 Å². The number of nitrogens with one attached hydrogen (secondary N) is 1. The van der Waals surface area contributed by atoms with E-state index in [1.807, 2.05) is 49.4 Å². The van der Waals surface area contributed by atoms with Crippen LogP contribution in [0.3, 0.4) is 0 Å². The van der Waals surface area contributed by atoms with E-state index in [2.05, 4.69) is 29.6 Å². The first kappa shape index (κ1) is 12.3. The molecule has 0 heterocycles. The van der Waals surface area contributed by atoms with Gasteiger partial charge < -0.3 is 10.1 Å². The van der Waals surface area contributed by atoms with Crippen molar-refractivity contribution in [1.82, 2.24) is 0 Å². The molecule has 1 N–H and O–H groups in total. The Bertz CT molecular complexity index is 781. The Morgan fingerprint density at radius 1 is 0.952 bits per heavy atom. The van der Waals surface area contributed by atoms with Crippen molar-refractivity contribution in [2.45, 2.75) is 12.9 Å². The zero-order valence-electron chi connectivity index (χ0n) is 13.3. The van der Waals surface area contributed by atoms with Crippen molar-refractivity contribution < 1.29 is 6.11 Å². The van der Waals surface area contributed by atoms with E-state index in [1.54, 1.807) is 7.11 Å². The van der Waals surface area contributed by atoms with Gasteiger partial charge in [-0.1, -0.05) is 36.4 Å². The number of hydrogen-bond acceptors (Lipinski definition) is 2. The van der Waals surface area contributed by atoms with Crippen molar-refractivity contribution >= 4 is 16.5 Å². The fourth-order valence-corrected chi connectivity index (χ4v) is 2.39. The van der Waals surface area contributed by atoms with Crippen LogP contribution < -0.4 is 10.1 Å². The van der Waals surface area contributed by atoms with Gasteiger partial charge in [-0.25, -0.2) is 0 Å². The number of rotatable bonds is 4. The first-order valence-electron chi connectivity index (χ1n) is 7.50. The topological polar surface area (TPSA) is 21.3 Å². The molecule has 0 aliphatic carbocycles. The predicted octanol–water partition coefficient (Wildman–Crippen LogP) is 5.02. The zero-order valence-corrected chi connectivity index (χ0v) is 12.3. The predicted molar refractivity (Wildman–Crippen MR) is 89.0 cm³/mol. The molecule has 0 radical (unpaired) electrons. The molecule has 3 aromatic carbocycles. The van der Waals surface area contributed by atoms with Crippen molar-refractivity contribution in [3.63, 3.8) is 0 Å². The van der Waals surface area contributed by atoms with Gasteiger partial charge in [0.15, 0.2) is 0 Å². The van der Waals surface area contributed by atoms with Gasteiger partial charge in [0, 0.05) is 11.7 Å². The summed E-state index contributed by atoms with van der Waals surface area (Å²) in [6.07, 6.45) is 0. The quantitative estimate of drug-likeness (QED) is 0.723. The van der Waals surface area contributed by atoms with Crippen LogP contribution in [-0.2, 0) is 0 Å². The van der Waals surface area contributed by atoms with E-state index in [0.29, 0.717) is 0 Å². The number of benzene rings is 3. The van der Waals surface area contributed by atoms with Gasteiger partial charge in [-0.15, -0.1) is 0 Å². The van der Waals surface area contributed by atoms with Gasteiger partial charge in [-0.2, -0.15) is 0 Å². The maximum atomic E-state index is 8.64. The lowest BCUT2D eigenvalue weighted by Gasteiger charge is -2.16. The van der Waals surface area contributed by atoms with Crippen LogP contribution in [0.15, 0.2) is 66.7 Å². The van der Waals surface area contributed by atoms with E-state index in [1.165, 1.54) is 5.39 Å². The first-order chi connectivity index (χ1) is 10.6. The SMILES string of the molecule is [2H][C@](C)(Nc1ccc(OC)cc1)c1ccc2ccccc2c1. The Hall–Kier alpha value is -2.48. The molecule has 106 valence electrons. The molecule has 2 heteroatoms. The van der Waals surface area contributed by atoms with Crippen LogP contribution in [0, 0.1) is 0 Å². The Labute approximate surface area is 126 Å². The second-order valence-corrected chi connectivity index (χ2v) is 5.04. The molecule has 0 bridgehead atoms. The number of hydrogen-bond donors (Lipinski definition) is 1. The standard InChI is InChI=1S/C19H19NO/c1-14(20-18-9-11-19(21-2)12-10-18)16-8-7-15-5-3-4-6-17(15)13-16/h3-14,20H,1-2H3/t14-/m1/s1/i14D. The Morgan fingerprint density at radius 3 is 2.38 bits per heavy atom. The third-order valence-electron chi connectivity index (χ3n) is 3.60. The molecule has 0 aromatic heterocycles. The molecule has 0 saturated heterocycles. The van der Waals surface area contributed by atoms with Gasteiger partial charge >= 0.3 is 0 Å². The number of ether oxygens (including phenoxy) is 1.